The number of methoxy groups -OCH3 is 1. The molecule has 0 spiro atoms. The van der Waals surface area contributed by atoms with Crippen molar-refractivity contribution >= 4 is 26.9 Å². The van der Waals surface area contributed by atoms with Crippen molar-refractivity contribution in [3.63, 3.8) is 0 Å². The predicted octanol–water partition coefficient (Wildman–Crippen LogP) is 1.00. The number of nitrogens with one attached hydrogen (secondary N) is 2. The Morgan fingerprint density at radius 1 is 1.42 bits per heavy atom. The summed E-state index contributed by atoms with van der Waals surface area (Å²) in [6.07, 6.45) is 1.55. The number of benzene rings is 1. The molecule has 0 fully saturated rings. The monoisotopic (exact) mass is 282 g/mol. The van der Waals surface area contributed by atoms with Crippen molar-refractivity contribution in [2.45, 2.75) is 5.75 Å². The van der Waals surface area contributed by atoms with E-state index in [0.29, 0.717) is 16.5 Å². The Morgan fingerprint density at radius 2 is 2.16 bits per heavy atom. The molecule has 2 rings (SSSR count). The predicted molar refractivity (Wildman–Crippen MR) is 71.3 cm³/mol. The standard InChI is InChI=1S/C12H14N2O4S/c1-13-19(16,17)7-8-3-4-11-9(5-8)10(6-14-11)12(15)18-2/h3-6,13-14H,7H2,1-2H3. The van der Waals surface area contributed by atoms with E-state index in [1.165, 1.54) is 14.2 Å². The van der Waals surface area contributed by atoms with Gasteiger partial charge in [0.05, 0.1) is 18.4 Å². The minimum atomic E-state index is -3.34. The number of ether oxygens (including phenoxy) is 1. The van der Waals surface area contributed by atoms with Gasteiger partial charge in [0.1, 0.15) is 0 Å². The molecule has 0 aliphatic carbocycles. The number of carbonyl (C=O) groups excluding carboxylic acids is 1. The Balaban J connectivity index is 2.47. The fraction of sp³-hybridized carbons (Fsp3) is 0.250. The third-order valence-corrected chi connectivity index (χ3v) is 4.15. The maximum atomic E-state index is 11.6. The van der Waals surface area contributed by atoms with E-state index >= 15 is 0 Å². The highest BCUT2D eigenvalue weighted by Crippen LogP contribution is 2.21. The minimum absolute atomic E-state index is 0.134. The van der Waals surface area contributed by atoms with E-state index in [1.807, 2.05) is 0 Å². The van der Waals surface area contributed by atoms with Gasteiger partial charge < -0.3 is 9.72 Å². The Hall–Kier alpha value is -1.86. The molecule has 2 N–H and O–H groups in total. The second kappa shape index (κ2) is 5.02. The van der Waals surface area contributed by atoms with E-state index in [-0.39, 0.29) is 5.75 Å². The van der Waals surface area contributed by atoms with Crippen LogP contribution in [-0.4, -0.2) is 33.5 Å². The van der Waals surface area contributed by atoms with E-state index in [9.17, 15) is 13.2 Å². The van der Waals surface area contributed by atoms with Crippen molar-refractivity contribution in [2.24, 2.45) is 0 Å². The summed E-state index contributed by atoms with van der Waals surface area (Å²) in [4.78, 5) is 14.5. The Bertz CT molecular complexity index is 718. The third kappa shape index (κ3) is 2.77. The van der Waals surface area contributed by atoms with Gasteiger partial charge in [0.15, 0.2) is 0 Å². The fourth-order valence-corrected chi connectivity index (χ4v) is 2.59. The van der Waals surface area contributed by atoms with Crippen LogP contribution >= 0.6 is 0 Å². The average molecular weight is 282 g/mol. The van der Waals surface area contributed by atoms with Gasteiger partial charge in [-0.2, -0.15) is 0 Å². The zero-order chi connectivity index (χ0) is 14.0. The maximum Gasteiger partial charge on any atom is 0.340 e. The molecule has 1 aromatic heterocycles. The second-order valence-electron chi connectivity index (χ2n) is 4.04. The molecular formula is C12H14N2O4S. The summed E-state index contributed by atoms with van der Waals surface area (Å²) in [6, 6.07) is 5.12. The van der Waals surface area contributed by atoms with E-state index < -0.39 is 16.0 Å². The van der Waals surface area contributed by atoms with Crippen LogP contribution in [0.1, 0.15) is 15.9 Å². The van der Waals surface area contributed by atoms with Gasteiger partial charge in [-0.3, -0.25) is 0 Å². The Labute approximate surface area is 110 Å². The molecule has 7 heteroatoms. The van der Waals surface area contributed by atoms with Crippen LogP contribution < -0.4 is 4.72 Å². The number of esters is 1. The summed E-state index contributed by atoms with van der Waals surface area (Å²) in [5, 5.41) is 0.649. The van der Waals surface area contributed by atoms with Crippen molar-refractivity contribution in [3.05, 3.63) is 35.5 Å². The molecule has 0 unspecified atom stereocenters. The van der Waals surface area contributed by atoms with Crippen LogP contribution in [0, 0.1) is 0 Å². The maximum absolute atomic E-state index is 11.6. The largest absolute Gasteiger partial charge is 0.465 e. The molecule has 1 aromatic carbocycles. The summed E-state index contributed by atoms with van der Waals surface area (Å²) in [6.45, 7) is 0. The quantitative estimate of drug-likeness (QED) is 0.819. The first kappa shape index (κ1) is 13.6. The van der Waals surface area contributed by atoms with Crippen LogP contribution in [-0.2, 0) is 20.5 Å². The normalized spacial score (nSPS) is 11.7. The molecule has 0 atom stereocenters. The van der Waals surface area contributed by atoms with Crippen molar-refractivity contribution in [2.75, 3.05) is 14.2 Å². The smallest absolute Gasteiger partial charge is 0.340 e. The highest BCUT2D eigenvalue weighted by molar-refractivity contribution is 7.88. The van der Waals surface area contributed by atoms with Gasteiger partial charge in [0.2, 0.25) is 10.0 Å². The van der Waals surface area contributed by atoms with Crippen LogP contribution in [0.25, 0.3) is 10.9 Å². The molecule has 19 heavy (non-hydrogen) atoms. The fourth-order valence-electron chi connectivity index (χ4n) is 1.83. The lowest BCUT2D eigenvalue weighted by molar-refractivity contribution is 0.0603. The van der Waals surface area contributed by atoms with Gasteiger partial charge in [-0.15, -0.1) is 0 Å². The van der Waals surface area contributed by atoms with E-state index in [4.69, 9.17) is 0 Å². The lowest BCUT2D eigenvalue weighted by atomic mass is 10.1. The second-order valence-corrected chi connectivity index (χ2v) is 5.96. The molecule has 6 nitrogen and oxygen atoms in total. The van der Waals surface area contributed by atoms with Crippen LogP contribution in [0.5, 0.6) is 0 Å². The first-order valence-electron chi connectivity index (χ1n) is 5.56. The number of aromatic amines is 1. The SMILES string of the molecule is CNS(=O)(=O)Cc1ccc2[nH]cc(C(=O)OC)c2c1. The third-order valence-electron chi connectivity index (χ3n) is 2.82. The number of rotatable bonds is 4. The van der Waals surface area contributed by atoms with E-state index in [2.05, 4.69) is 14.4 Å². The van der Waals surface area contributed by atoms with Crippen LogP contribution in [0.3, 0.4) is 0 Å². The summed E-state index contributed by atoms with van der Waals surface area (Å²) < 4.78 is 29.9. The lowest BCUT2D eigenvalue weighted by Crippen LogP contribution is -2.20. The highest BCUT2D eigenvalue weighted by Gasteiger charge is 2.14. The van der Waals surface area contributed by atoms with Crippen molar-refractivity contribution in [1.82, 2.24) is 9.71 Å². The number of carbonyl (C=O) groups is 1. The van der Waals surface area contributed by atoms with Crippen molar-refractivity contribution < 1.29 is 17.9 Å². The summed E-state index contributed by atoms with van der Waals surface area (Å²) >= 11 is 0. The zero-order valence-electron chi connectivity index (χ0n) is 10.6. The molecule has 0 aliphatic rings. The minimum Gasteiger partial charge on any atom is -0.465 e. The number of sulfonamides is 1. The molecule has 0 radical (unpaired) electrons. The lowest BCUT2D eigenvalue weighted by Gasteiger charge is -2.03. The number of H-pyrrole nitrogens is 1. The molecule has 0 saturated heterocycles. The number of aromatic nitrogens is 1. The summed E-state index contributed by atoms with van der Waals surface area (Å²) in [5.74, 6) is -0.592. The van der Waals surface area contributed by atoms with Gasteiger partial charge in [-0.1, -0.05) is 6.07 Å². The Morgan fingerprint density at radius 3 is 2.79 bits per heavy atom. The van der Waals surface area contributed by atoms with Crippen molar-refractivity contribution in [1.29, 1.82) is 0 Å². The number of hydrogen-bond acceptors (Lipinski definition) is 4. The number of fused-ring (bicyclic) bond motifs is 1. The molecule has 0 amide bonds. The first-order valence-corrected chi connectivity index (χ1v) is 7.21. The molecule has 1 heterocycles. The number of hydrogen-bond donors (Lipinski definition) is 2. The summed E-state index contributed by atoms with van der Waals surface area (Å²) in [5.41, 5.74) is 1.75. The highest BCUT2D eigenvalue weighted by atomic mass is 32.2. The van der Waals surface area contributed by atoms with Gasteiger partial charge in [0.25, 0.3) is 0 Å². The Kier molecular flexibility index (Phi) is 3.59. The van der Waals surface area contributed by atoms with Crippen LogP contribution in [0.4, 0.5) is 0 Å². The molecule has 102 valence electrons. The van der Waals surface area contributed by atoms with Gasteiger partial charge in [0, 0.05) is 17.1 Å². The van der Waals surface area contributed by atoms with E-state index in [1.54, 1.807) is 24.4 Å². The first-order chi connectivity index (χ1) is 8.96. The van der Waals surface area contributed by atoms with Crippen LogP contribution in [0.15, 0.2) is 24.4 Å². The molecule has 0 aliphatic heterocycles. The topological polar surface area (TPSA) is 88.3 Å². The van der Waals surface area contributed by atoms with E-state index in [0.717, 1.165) is 5.52 Å². The van der Waals surface area contributed by atoms with Gasteiger partial charge >= 0.3 is 5.97 Å². The average Bonchev–Trinajstić information content (AvgIpc) is 2.80. The molecule has 0 saturated carbocycles. The van der Waals surface area contributed by atoms with Crippen molar-refractivity contribution in [3.8, 4) is 0 Å². The molecule has 0 bridgehead atoms. The van der Waals surface area contributed by atoms with Gasteiger partial charge in [-0.25, -0.2) is 17.9 Å². The van der Waals surface area contributed by atoms with Crippen LogP contribution in [0.2, 0.25) is 0 Å². The summed E-state index contributed by atoms with van der Waals surface area (Å²) in [7, 11) is -0.672. The molecule has 2 aromatic rings. The zero-order valence-corrected chi connectivity index (χ0v) is 11.4. The van der Waals surface area contributed by atoms with Gasteiger partial charge in [-0.05, 0) is 24.7 Å². The molecular weight excluding hydrogens is 268 g/mol.